The number of aromatic carboxylic acids is 1. The first-order valence-electron chi connectivity index (χ1n) is 8.58. The van der Waals surface area contributed by atoms with Gasteiger partial charge in [-0.15, -0.1) is 0 Å². The Labute approximate surface area is 141 Å². The number of aromatic nitrogens is 1. The van der Waals surface area contributed by atoms with E-state index in [0.29, 0.717) is 12.1 Å². The van der Waals surface area contributed by atoms with Crippen LogP contribution in [0, 0.1) is 0 Å². The minimum absolute atomic E-state index is 0.00203. The number of rotatable bonds is 7. The molecule has 1 aromatic carbocycles. The second-order valence-electron chi connectivity index (χ2n) is 6.27. The van der Waals surface area contributed by atoms with Gasteiger partial charge < -0.3 is 25.0 Å². The average molecular weight is 331 g/mol. The van der Waals surface area contributed by atoms with Gasteiger partial charge in [0.25, 0.3) is 0 Å². The molecule has 1 aliphatic rings. The molecule has 3 N–H and O–H groups in total. The van der Waals surface area contributed by atoms with Gasteiger partial charge in [0.15, 0.2) is 0 Å². The summed E-state index contributed by atoms with van der Waals surface area (Å²) in [4.78, 5) is 14.0. The van der Waals surface area contributed by atoms with Crippen LogP contribution in [0.15, 0.2) is 24.4 Å². The first kappa shape index (κ1) is 17.0. The highest BCUT2D eigenvalue weighted by molar-refractivity contribution is 6.03. The minimum Gasteiger partial charge on any atom is -0.478 e. The second-order valence-corrected chi connectivity index (χ2v) is 6.27. The third kappa shape index (κ3) is 3.61. The number of carboxylic acid groups (broad SMARTS) is 1. The van der Waals surface area contributed by atoms with E-state index in [2.05, 4.69) is 10.2 Å². The lowest BCUT2D eigenvalue weighted by Gasteiger charge is -2.26. The summed E-state index contributed by atoms with van der Waals surface area (Å²) in [5, 5.41) is 23.1. The van der Waals surface area contributed by atoms with Gasteiger partial charge in [-0.05, 0) is 31.0 Å². The molecule has 0 amide bonds. The summed E-state index contributed by atoms with van der Waals surface area (Å²) in [7, 11) is 0. The first-order valence-corrected chi connectivity index (χ1v) is 8.58. The van der Waals surface area contributed by atoms with Crippen LogP contribution in [0.25, 0.3) is 10.9 Å². The number of nitrogens with zero attached hydrogens (tertiary/aromatic N) is 2. The Morgan fingerprint density at radius 1 is 1.21 bits per heavy atom. The third-order valence-electron chi connectivity index (χ3n) is 4.68. The molecular weight excluding hydrogens is 306 g/mol. The summed E-state index contributed by atoms with van der Waals surface area (Å²) in [6.07, 6.45) is 3.97. The van der Waals surface area contributed by atoms with Crippen molar-refractivity contribution in [2.24, 2.45) is 0 Å². The van der Waals surface area contributed by atoms with Gasteiger partial charge in [0, 0.05) is 44.3 Å². The molecule has 1 aromatic heterocycles. The van der Waals surface area contributed by atoms with Crippen molar-refractivity contribution >= 4 is 16.9 Å². The van der Waals surface area contributed by atoms with E-state index in [1.165, 1.54) is 0 Å². The predicted octanol–water partition coefficient (Wildman–Crippen LogP) is 1.17. The van der Waals surface area contributed by atoms with Crippen molar-refractivity contribution in [2.45, 2.75) is 19.4 Å². The lowest BCUT2D eigenvalue weighted by atomic mass is 10.1. The highest BCUT2D eigenvalue weighted by atomic mass is 16.4. The molecule has 0 atom stereocenters. The number of piperazine rings is 1. The van der Waals surface area contributed by atoms with E-state index in [1.807, 2.05) is 16.8 Å². The van der Waals surface area contributed by atoms with E-state index in [9.17, 15) is 15.0 Å². The van der Waals surface area contributed by atoms with Crippen LogP contribution in [0.4, 0.5) is 0 Å². The molecule has 1 fully saturated rings. The maximum absolute atomic E-state index is 11.5. The normalized spacial score (nSPS) is 15.9. The molecule has 1 saturated heterocycles. The van der Waals surface area contributed by atoms with Gasteiger partial charge >= 0.3 is 5.97 Å². The van der Waals surface area contributed by atoms with Crippen LogP contribution >= 0.6 is 0 Å². The number of para-hydroxylation sites is 1. The van der Waals surface area contributed by atoms with Crippen molar-refractivity contribution in [3.63, 3.8) is 0 Å². The fourth-order valence-corrected chi connectivity index (χ4v) is 3.52. The van der Waals surface area contributed by atoms with E-state index in [-0.39, 0.29) is 6.61 Å². The number of carboxylic acids is 1. The molecule has 0 bridgehead atoms. The van der Waals surface area contributed by atoms with Crippen LogP contribution in [0.3, 0.4) is 0 Å². The largest absolute Gasteiger partial charge is 0.478 e. The van der Waals surface area contributed by atoms with E-state index in [4.69, 9.17) is 0 Å². The van der Waals surface area contributed by atoms with Crippen LogP contribution in [0.5, 0.6) is 0 Å². The number of benzene rings is 1. The average Bonchev–Trinajstić information content (AvgIpc) is 2.94. The molecule has 6 nitrogen and oxygen atoms in total. The van der Waals surface area contributed by atoms with Crippen molar-refractivity contribution in [1.29, 1.82) is 0 Å². The van der Waals surface area contributed by atoms with Crippen LogP contribution < -0.4 is 5.32 Å². The lowest BCUT2D eigenvalue weighted by molar-refractivity contribution is 0.0698. The van der Waals surface area contributed by atoms with Crippen molar-refractivity contribution in [1.82, 2.24) is 14.8 Å². The summed E-state index contributed by atoms with van der Waals surface area (Å²) in [5.41, 5.74) is 2.18. The fourth-order valence-electron chi connectivity index (χ4n) is 3.52. The fraction of sp³-hybridized carbons (Fsp3) is 0.500. The van der Waals surface area contributed by atoms with Crippen LogP contribution in [-0.2, 0) is 13.0 Å². The van der Waals surface area contributed by atoms with Gasteiger partial charge in [-0.2, -0.15) is 0 Å². The summed E-state index contributed by atoms with van der Waals surface area (Å²) in [5.74, 6) is -0.926. The Balaban J connectivity index is 1.79. The number of aryl methyl sites for hydroxylation is 1. The Bertz CT molecular complexity index is 705. The third-order valence-corrected chi connectivity index (χ3v) is 4.68. The standard InChI is InChI=1S/C18H25N3O3/c22-12-11-21-13-14(3-2-8-20-9-6-19-7-10-20)15-4-1-5-16(17(15)21)18(23)24/h1,4-5,13,19,22H,2-3,6-12H2,(H,23,24). The molecule has 0 aliphatic carbocycles. The predicted molar refractivity (Wildman–Crippen MR) is 93.6 cm³/mol. The summed E-state index contributed by atoms with van der Waals surface area (Å²) in [6, 6.07) is 5.41. The lowest BCUT2D eigenvalue weighted by Crippen LogP contribution is -2.43. The number of fused-ring (bicyclic) bond motifs is 1. The highest BCUT2D eigenvalue weighted by Gasteiger charge is 2.16. The topological polar surface area (TPSA) is 77.7 Å². The van der Waals surface area contributed by atoms with Crippen molar-refractivity contribution < 1.29 is 15.0 Å². The molecule has 1 aliphatic heterocycles. The summed E-state index contributed by atoms with van der Waals surface area (Å²) >= 11 is 0. The first-order chi connectivity index (χ1) is 11.7. The second kappa shape index (κ2) is 7.79. The zero-order valence-electron chi connectivity index (χ0n) is 13.9. The molecule has 0 unspecified atom stereocenters. The molecule has 0 saturated carbocycles. The van der Waals surface area contributed by atoms with E-state index in [0.717, 1.165) is 62.0 Å². The van der Waals surface area contributed by atoms with Crippen molar-refractivity contribution in [2.75, 3.05) is 39.3 Å². The Morgan fingerprint density at radius 3 is 2.71 bits per heavy atom. The smallest absolute Gasteiger partial charge is 0.337 e. The molecular formula is C18H25N3O3. The van der Waals surface area contributed by atoms with Gasteiger partial charge in [-0.3, -0.25) is 0 Å². The SMILES string of the molecule is O=C(O)c1cccc2c(CCCN3CCNCC3)cn(CCO)c12. The number of nitrogens with one attached hydrogen (secondary N) is 1. The van der Waals surface area contributed by atoms with Gasteiger partial charge in [-0.25, -0.2) is 4.79 Å². The zero-order chi connectivity index (χ0) is 16.9. The quantitative estimate of drug-likeness (QED) is 0.710. The van der Waals surface area contributed by atoms with Crippen molar-refractivity contribution in [3.8, 4) is 0 Å². The van der Waals surface area contributed by atoms with E-state index in [1.54, 1.807) is 12.1 Å². The number of aliphatic hydroxyl groups excluding tert-OH is 1. The zero-order valence-corrected chi connectivity index (χ0v) is 13.9. The summed E-state index contributed by atoms with van der Waals surface area (Å²) < 4.78 is 1.87. The number of hydrogen-bond acceptors (Lipinski definition) is 4. The Morgan fingerprint density at radius 2 is 2.00 bits per heavy atom. The van der Waals surface area contributed by atoms with Gasteiger partial charge in [0.2, 0.25) is 0 Å². The number of carbonyl (C=O) groups is 1. The van der Waals surface area contributed by atoms with Gasteiger partial charge in [0.05, 0.1) is 17.7 Å². The molecule has 3 rings (SSSR count). The van der Waals surface area contributed by atoms with E-state index < -0.39 is 5.97 Å². The minimum atomic E-state index is -0.926. The highest BCUT2D eigenvalue weighted by Crippen LogP contribution is 2.26. The molecule has 2 aromatic rings. The molecule has 0 radical (unpaired) electrons. The molecule has 6 heteroatoms. The van der Waals surface area contributed by atoms with Crippen LogP contribution in [0.1, 0.15) is 22.3 Å². The molecule has 130 valence electrons. The summed E-state index contributed by atoms with van der Waals surface area (Å²) in [6.45, 7) is 5.77. The molecule has 24 heavy (non-hydrogen) atoms. The van der Waals surface area contributed by atoms with Crippen LogP contribution in [0.2, 0.25) is 0 Å². The van der Waals surface area contributed by atoms with E-state index >= 15 is 0 Å². The Kier molecular flexibility index (Phi) is 5.50. The van der Waals surface area contributed by atoms with Crippen LogP contribution in [-0.4, -0.2) is 65.0 Å². The Hall–Kier alpha value is -1.89. The monoisotopic (exact) mass is 331 g/mol. The van der Waals surface area contributed by atoms with Gasteiger partial charge in [0.1, 0.15) is 0 Å². The molecule has 2 heterocycles. The molecule has 0 spiro atoms. The maximum Gasteiger partial charge on any atom is 0.337 e. The van der Waals surface area contributed by atoms with Crippen molar-refractivity contribution in [3.05, 3.63) is 35.5 Å². The maximum atomic E-state index is 11.5. The number of aliphatic hydroxyl groups is 1. The van der Waals surface area contributed by atoms with Gasteiger partial charge in [-0.1, -0.05) is 12.1 Å². The number of hydrogen-bond donors (Lipinski definition) is 3.